The molecular weight excluding hydrogens is 433 g/mol. The van der Waals surface area contributed by atoms with Crippen molar-refractivity contribution in [3.8, 4) is 11.1 Å². The maximum Gasteiger partial charge on any atom is 0.408 e. The monoisotopic (exact) mass is 469 g/mol. The first-order chi connectivity index (χ1) is 15.9. The summed E-state index contributed by atoms with van der Waals surface area (Å²) in [6.07, 6.45) is 3.68. The van der Waals surface area contributed by atoms with Crippen LogP contribution in [0.3, 0.4) is 0 Å². The average Bonchev–Trinajstić information content (AvgIpc) is 2.73. The fraction of sp³-hybridized carbons (Fsp3) is 0.519. The lowest BCUT2D eigenvalue weighted by molar-refractivity contribution is -0.127. The zero-order chi connectivity index (χ0) is 25.0. The van der Waals surface area contributed by atoms with Gasteiger partial charge in [-0.05, 0) is 83.2 Å². The van der Waals surface area contributed by atoms with Crippen molar-refractivity contribution in [1.82, 2.24) is 10.3 Å². The summed E-state index contributed by atoms with van der Waals surface area (Å²) in [6, 6.07) is 6.45. The number of nitrogens with one attached hydrogen (secondary N) is 2. The largest absolute Gasteiger partial charge is 0.436 e. The lowest BCUT2D eigenvalue weighted by Crippen LogP contribution is -2.46. The Morgan fingerprint density at radius 1 is 1.12 bits per heavy atom. The van der Waals surface area contributed by atoms with Gasteiger partial charge in [0, 0.05) is 40.2 Å². The Balaban J connectivity index is 1.80. The molecule has 34 heavy (non-hydrogen) atoms. The Hall–Kier alpha value is -2.96. The second kappa shape index (κ2) is 10.5. The molecule has 1 aliphatic carbocycles. The molecular formula is C27H36FN3O3. The van der Waals surface area contributed by atoms with Gasteiger partial charge < -0.3 is 15.4 Å². The van der Waals surface area contributed by atoms with Crippen LogP contribution < -0.4 is 10.6 Å². The van der Waals surface area contributed by atoms with E-state index >= 15 is 4.39 Å². The maximum absolute atomic E-state index is 15.1. The molecule has 2 aromatic rings. The number of alkyl carbamates (subject to hydrolysis) is 1. The summed E-state index contributed by atoms with van der Waals surface area (Å²) < 4.78 is 20.7. The fourth-order valence-corrected chi connectivity index (χ4v) is 4.51. The highest BCUT2D eigenvalue weighted by Crippen LogP contribution is 2.33. The van der Waals surface area contributed by atoms with Gasteiger partial charge >= 0.3 is 6.09 Å². The van der Waals surface area contributed by atoms with Crippen LogP contribution in [0.15, 0.2) is 30.5 Å². The quantitative estimate of drug-likeness (QED) is 0.549. The standard InChI is InChI=1S/C27H36FN3O3/c1-16-7-9-19(10-8-16)24(34-26(33)31-27(4,5)6)25(32)30-20-11-12-21(22(28)15-20)23-17(2)13-14-29-18(23)3/h11-16,19,24H,7-10H2,1-6H3,(H,30,32)(H,31,33). The van der Waals surface area contributed by atoms with E-state index in [1.165, 1.54) is 6.07 Å². The first kappa shape index (κ1) is 25.7. The van der Waals surface area contributed by atoms with E-state index in [-0.39, 0.29) is 5.92 Å². The van der Waals surface area contributed by atoms with E-state index < -0.39 is 29.5 Å². The van der Waals surface area contributed by atoms with Crippen molar-refractivity contribution in [2.45, 2.75) is 78.9 Å². The van der Waals surface area contributed by atoms with Crippen LogP contribution in [0.25, 0.3) is 11.1 Å². The Morgan fingerprint density at radius 2 is 1.79 bits per heavy atom. The number of rotatable bonds is 5. The van der Waals surface area contributed by atoms with E-state index in [4.69, 9.17) is 4.74 Å². The van der Waals surface area contributed by atoms with Crippen molar-refractivity contribution < 1.29 is 18.7 Å². The lowest BCUT2D eigenvalue weighted by atomic mass is 9.80. The van der Waals surface area contributed by atoms with E-state index in [0.717, 1.165) is 42.5 Å². The van der Waals surface area contributed by atoms with Gasteiger partial charge in [-0.15, -0.1) is 0 Å². The minimum atomic E-state index is -0.944. The van der Waals surface area contributed by atoms with Crippen molar-refractivity contribution in [3.05, 3.63) is 47.5 Å². The molecule has 1 saturated carbocycles. The molecule has 1 fully saturated rings. The third-order valence-corrected chi connectivity index (χ3v) is 6.31. The van der Waals surface area contributed by atoms with E-state index in [2.05, 4.69) is 22.5 Å². The smallest absolute Gasteiger partial charge is 0.408 e. The first-order valence-electron chi connectivity index (χ1n) is 12.0. The van der Waals surface area contributed by atoms with Crippen LogP contribution in [0.5, 0.6) is 0 Å². The zero-order valence-electron chi connectivity index (χ0n) is 21.0. The Kier molecular flexibility index (Phi) is 7.95. The van der Waals surface area contributed by atoms with Crippen LogP contribution >= 0.6 is 0 Å². The van der Waals surface area contributed by atoms with Gasteiger partial charge in [0.1, 0.15) is 5.82 Å². The summed E-state index contributed by atoms with van der Waals surface area (Å²) in [4.78, 5) is 30.0. The number of aromatic nitrogens is 1. The third kappa shape index (κ3) is 6.55. The number of nitrogens with zero attached hydrogens (tertiary/aromatic N) is 1. The van der Waals surface area contributed by atoms with Gasteiger partial charge in [0.2, 0.25) is 0 Å². The molecule has 0 spiro atoms. The van der Waals surface area contributed by atoms with Gasteiger partial charge in [-0.2, -0.15) is 0 Å². The number of halogens is 1. The number of carbonyl (C=O) groups excluding carboxylic acids is 2. The summed E-state index contributed by atoms with van der Waals surface area (Å²) >= 11 is 0. The van der Waals surface area contributed by atoms with Gasteiger partial charge in [0.05, 0.1) is 0 Å². The fourth-order valence-electron chi connectivity index (χ4n) is 4.51. The molecule has 1 unspecified atom stereocenters. The number of hydrogen-bond acceptors (Lipinski definition) is 4. The van der Waals surface area contributed by atoms with E-state index in [9.17, 15) is 9.59 Å². The van der Waals surface area contributed by atoms with Gasteiger partial charge in [-0.25, -0.2) is 9.18 Å². The number of amides is 2. The van der Waals surface area contributed by atoms with Crippen molar-refractivity contribution in [2.24, 2.45) is 11.8 Å². The van der Waals surface area contributed by atoms with E-state index in [1.54, 1.807) is 18.3 Å². The molecule has 1 aromatic heterocycles. The minimum Gasteiger partial charge on any atom is -0.436 e. The highest BCUT2D eigenvalue weighted by atomic mass is 19.1. The second-order valence-electron chi connectivity index (χ2n) is 10.5. The molecule has 2 N–H and O–H groups in total. The molecule has 6 nitrogen and oxygen atoms in total. The first-order valence-corrected chi connectivity index (χ1v) is 12.0. The van der Waals surface area contributed by atoms with Gasteiger partial charge in [0.15, 0.2) is 6.10 Å². The average molecular weight is 470 g/mol. The molecule has 1 atom stereocenters. The minimum absolute atomic E-state index is 0.0771. The van der Waals surface area contributed by atoms with Crippen molar-refractivity contribution in [1.29, 1.82) is 0 Å². The van der Waals surface area contributed by atoms with Gasteiger partial charge in [0.25, 0.3) is 5.91 Å². The molecule has 1 aromatic carbocycles. The van der Waals surface area contributed by atoms with Crippen LogP contribution in [0, 0.1) is 31.5 Å². The Labute approximate surface area is 201 Å². The molecule has 2 amide bonds. The molecule has 3 rings (SSSR count). The van der Waals surface area contributed by atoms with E-state index in [1.807, 2.05) is 40.7 Å². The molecule has 184 valence electrons. The molecule has 0 radical (unpaired) electrons. The summed E-state index contributed by atoms with van der Waals surface area (Å²) in [5, 5.41) is 5.52. The summed E-state index contributed by atoms with van der Waals surface area (Å²) in [6.45, 7) is 11.5. The van der Waals surface area contributed by atoms with Crippen LogP contribution in [0.4, 0.5) is 14.9 Å². The lowest BCUT2D eigenvalue weighted by Gasteiger charge is -2.32. The highest BCUT2D eigenvalue weighted by molar-refractivity contribution is 5.95. The van der Waals surface area contributed by atoms with Gasteiger partial charge in [-0.1, -0.05) is 19.8 Å². The molecule has 0 aliphatic heterocycles. The molecule has 7 heteroatoms. The Bertz CT molecular complexity index is 1020. The maximum atomic E-state index is 15.1. The van der Waals surface area contributed by atoms with Crippen LogP contribution in [-0.4, -0.2) is 28.6 Å². The zero-order valence-corrected chi connectivity index (χ0v) is 21.0. The van der Waals surface area contributed by atoms with Crippen molar-refractivity contribution >= 4 is 17.7 Å². The Morgan fingerprint density at radius 3 is 2.38 bits per heavy atom. The second-order valence-corrected chi connectivity index (χ2v) is 10.5. The summed E-state index contributed by atoms with van der Waals surface area (Å²) in [7, 11) is 0. The third-order valence-electron chi connectivity index (χ3n) is 6.31. The van der Waals surface area contributed by atoms with Gasteiger partial charge in [-0.3, -0.25) is 9.78 Å². The predicted molar refractivity (Wildman–Crippen MR) is 132 cm³/mol. The number of hydrogen-bond donors (Lipinski definition) is 2. The summed E-state index contributed by atoms with van der Waals surface area (Å²) in [5.74, 6) is -0.382. The molecule has 1 aliphatic rings. The van der Waals surface area contributed by atoms with E-state index in [0.29, 0.717) is 17.2 Å². The summed E-state index contributed by atoms with van der Waals surface area (Å²) in [5.41, 5.74) is 2.67. The number of benzene rings is 1. The number of anilines is 1. The highest BCUT2D eigenvalue weighted by Gasteiger charge is 2.35. The number of carbonyl (C=O) groups is 2. The topological polar surface area (TPSA) is 80.3 Å². The normalized spacial score (nSPS) is 19.3. The SMILES string of the molecule is Cc1ccnc(C)c1-c1ccc(NC(=O)C(OC(=O)NC(C)(C)C)C2CCC(C)CC2)cc1F. The number of aryl methyl sites for hydroxylation is 2. The van der Waals surface area contributed by atoms with Crippen molar-refractivity contribution in [3.63, 3.8) is 0 Å². The van der Waals surface area contributed by atoms with Crippen LogP contribution in [0.1, 0.15) is 64.6 Å². The molecule has 0 bridgehead atoms. The van der Waals surface area contributed by atoms with Crippen molar-refractivity contribution in [2.75, 3.05) is 5.32 Å². The molecule has 0 saturated heterocycles. The predicted octanol–water partition coefficient (Wildman–Crippen LogP) is 6.16. The molecule has 1 heterocycles. The number of ether oxygens (including phenoxy) is 1. The van der Waals surface area contributed by atoms with Crippen LogP contribution in [0.2, 0.25) is 0 Å². The van der Waals surface area contributed by atoms with Crippen LogP contribution in [-0.2, 0) is 9.53 Å². The number of pyridine rings is 1.